The third kappa shape index (κ3) is 10.1. The van der Waals surface area contributed by atoms with Crippen molar-refractivity contribution in [3.05, 3.63) is 119 Å². The maximum Gasteiger partial charge on any atom is 0.597 e. The van der Waals surface area contributed by atoms with Crippen LogP contribution in [0.4, 0.5) is 52.7 Å². The zero-order valence-corrected chi connectivity index (χ0v) is 29.2. The Bertz CT molecular complexity index is 1720. The van der Waals surface area contributed by atoms with Crippen molar-refractivity contribution in [3.8, 4) is 23.0 Å². The molecule has 1 aliphatic rings. The van der Waals surface area contributed by atoms with Crippen LogP contribution in [0.3, 0.4) is 0 Å². The van der Waals surface area contributed by atoms with Gasteiger partial charge in [0.2, 0.25) is 0 Å². The summed E-state index contributed by atoms with van der Waals surface area (Å²) in [6, 6.07) is 11.9. The van der Waals surface area contributed by atoms with Crippen LogP contribution in [0.2, 0.25) is 0 Å². The molecule has 2 atom stereocenters. The van der Waals surface area contributed by atoms with Crippen LogP contribution in [-0.2, 0) is 24.7 Å². The molecule has 1 aliphatic heterocycles. The molecule has 3 N–H and O–H groups in total. The van der Waals surface area contributed by atoms with Crippen LogP contribution in [0.25, 0.3) is 0 Å². The number of rotatable bonds is 8. The van der Waals surface area contributed by atoms with E-state index in [4.69, 9.17) is 40.6 Å². The molecule has 1 saturated heterocycles. The van der Waals surface area contributed by atoms with Gasteiger partial charge >= 0.3 is 47.0 Å². The largest absolute Gasteiger partial charge is 0.597 e. The summed E-state index contributed by atoms with van der Waals surface area (Å²) in [5.74, 6) is -1.38. The number of halogens is 14. The Kier molecular flexibility index (Phi) is 11.1. The Morgan fingerprint density at radius 2 is 0.558 bits per heavy atom. The fourth-order valence-corrected chi connectivity index (χ4v) is 17.5. The zero-order valence-electron chi connectivity index (χ0n) is 25.0. The molecule has 0 radical (unpaired) electrons. The minimum absolute atomic E-state index is 0.321. The first-order valence-corrected chi connectivity index (χ1v) is 20.6. The molecule has 0 saturated carbocycles. The van der Waals surface area contributed by atoms with Gasteiger partial charge in [0.05, 0.1) is 36.8 Å². The minimum Gasteiger partial charge on any atom is -0.286 e. The predicted octanol–water partition coefficient (Wildman–Crippen LogP) is 12.7. The van der Waals surface area contributed by atoms with Gasteiger partial charge in [-0.2, -0.15) is 52.7 Å². The van der Waals surface area contributed by atoms with Crippen molar-refractivity contribution in [1.82, 2.24) is 14.6 Å². The topological polar surface area (TPSA) is 73.0 Å². The second kappa shape index (κ2) is 14.3. The standard InChI is InChI=1S/C28H19Cl2F12N3O4P3/c29-50(46-21-9-1-17(2-10-21)25(31,32)33)43-51(30,47-22-11-3-18(4-12-22)26(34,35)36)45-52(44-50,48-23-13-5-19(6-14-23)27(37,38)39)49-24-15-7-20(8-16-24)28(40,41)42/h1-16,43-45H/q+3. The Labute approximate surface area is 296 Å². The molecule has 280 valence electrons. The molecule has 1 fully saturated rings. The van der Waals surface area contributed by atoms with E-state index in [0.717, 1.165) is 48.5 Å². The van der Waals surface area contributed by atoms with Gasteiger partial charge in [-0.15, -0.1) is 0 Å². The number of benzene rings is 4. The highest BCUT2D eigenvalue weighted by atomic mass is 35.7. The Morgan fingerprint density at radius 1 is 0.346 bits per heavy atom. The molecular weight excluding hydrogens is 834 g/mol. The van der Waals surface area contributed by atoms with E-state index in [1.54, 1.807) is 0 Å². The van der Waals surface area contributed by atoms with Crippen molar-refractivity contribution >= 4 is 44.8 Å². The molecule has 0 amide bonds. The quantitative estimate of drug-likeness (QED) is 0.120. The summed E-state index contributed by atoms with van der Waals surface area (Å²) >= 11 is 13.7. The van der Waals surface area contributed by atoms with Gasteiger partial charge in [-0.05, 0) is 97.1 Å². The normalized spacial score (nSPS) is 21.0. The summed E-state index contributed by atoms with van der Waals surface area (Å²) in [5, 5.41) is 0. The number of nitrogens with one attached hydrogen (secondary N) is 3. The first-order valence-electron chi connectivity index (χ1n) is 13.8. The van der Waals surface area contributed by atoms with Crippen molar-refractivity contribution in [2.75, 3.05) is 0 Å². The van der Waals surface area contributed by atoms with E-state index < -0.39 is 69.3 Å². The van der Waals surface area contributed by atoms with Crippen LogP contribution in [0.5, 0.6) is 23.0 Å². The molecule has 7 nitrogen and oxygen atoms in total. The van der Waals surface area contributed by atoms with Gasteiger partial charge in [-0.1, -0.05) is 0 Å². The lowest BCUT2D eigenvalue weighted by molar-refractivity contribution is -0.138. The van der Waals surface area contributed by atoms with Gasteiger partial charge < -0.3 is 0 Å². The fourth-order valence-electron chi connectivity index (χ4n) is 4.16. The van der Waals surface area contributed by atoms with E-state index in [2.05, 4.69) is 14.6 Å². The van der Waals surface area contributed by atoms with Crippen molar-refractivity contribution < 1.29 is 70.8 Å². The molecule has 0 aromatic heterocycles. The lowest BCUT2D eigenvalue weighted by Crippen LogP contribution is -2.46. The fraction of sp³-hybridized carbons (Fsp3) is 0.143. The second-order valence-electron chi connectivity index (χ2n) is 10.4. The van der Waals surface area contributed by atoms with Crippen LogP contribution >= 0.6 is 44.8 Å². The number of hydrogen-bond acceptors (Lipinski definition) is 7. The van der Waals surface area contributed by atoms with Gasteiger partial charge in [0.25, 0.3) is 0 Å². The number of alkyl halides is 12. The van der Waals surface area contributed by atoms with Gasteiger partial charge in [-0.25, -0.2) is 0 Å². The summed E-state index contributed by atoms with van der Waals surface area (Å²) in [5.41, 5.74) is -4.35. The third-order valence-corrected chi connectivity index (χ3v) is 17.7. The van der Waals surface area contributed by atoms with Gasteiger partial charge in [0.1, 0.15) is 0 Å². The van der Waals surface area contributed by atoms with Crippen LogP contribution < -0.4 is 32.7 Å². The van der Waals surface area contributed by atoms with Crippen molar-refractivity contribution in [2.24, 2.45) is 0 Å². The molecule has 4 aromatic rings. The molecule has 0 aliphatic carbocycles. The number of hydrogen-bond donors (Lipinski definition) is 3. The maximum atomic E-state index is 13.3. The molecule has 2 unspecified atom stereocenters. The summed E-state index contributed by atoms with van der Waals surface area (Å²) in [6.45, 7) is 0. The highest BCUT2D eigenvalue weighted by Crippen LogP contribution is 2.83. The summed E-state index contributed by atoms with van der Waals surface area (Å²) in [6.07, 6.45) is -19.0. The molecule has 1 heterocycles. The third-order valence-electron chi connectivity index (χ3n) is 6.43. The SMILES string of the molecule is FC(F)(F)c1ccc(O[P+]2(Cl)N[P+](Cl)(Oc3ccc(C(F)(F)F)cc3)N[P+](Oc3ccc(C(F)(F)F)cc3)(Oc3ccc(C(F)(F)F)cc3)N2)cc1. The average Bonchev–Trinajstić information content (AvgIpc) is 2.99. The molecule has 0 spiro atoms. The average molecular weight is 853 g/mol. The first-order chi connectivity index (χ1) is 23.9. The van der Waals surface area contributed by atoms with Crippen LogP contribution in [-0.4, -0.2) is 0 Å². The van der Waals surface area contributed by atoms with Crippen molar-refractivity contribution in [1.29, 1.82) is 0 Å². The summed E-state index contributed by atoms with van der Waals surface area (Å²) < 4.78 is 183. The van der Waals surface area contributed by atoms with E-state index in [0.29, 0.717) is 48.5 Å². The van der Waals surface area contributed by atoms with E-state index >= 15 is 0 Å². The van der Waals surface area contributed by atoms with Gasteiger partial charge in [0, 0.05) is 0 Å². The molecule has 24 heteroatoms. The first kappa shape index (κ1) is 40.2. The van der Waals surface area contributed by atoms with Crippen LogP contribution in [0, 0.1) is 0 Å². The van der Waals surface area contributed by atoms with Crippen LogP contribution in [0.1, 0.15) is 22.3 Å². The highest BCUT2D eigenvalue weighted by Gasteiger charge is 2.80. The van der Waals surface area contributed by atoms with Crippen molar-refractivity contribution in [2.45, 2.75) is 24.7 Å². The van der Waals surface area contributed by atoms with E-state index in [-0.39, 0.29) is 23.0 Å². The maximum absolute atomic E-state index is 13.3. The summed E-state index contributed by atoms with van der Waals surface area (Å²) in [4.78, 5) is 7.87. The lowest BCUT2D eigenvalue weighted by atomic mass is 10.2. The summed E-state index contributed by atoms with van der Waals surface area (Å²) in [7, 11) is -12.9. The lowest BCUT2D eigenvalue weighted by Gasteiger charge is -2.31. The Balaban J connectivity index is 1.59. The zero-order chi connectivity index (χ0) is 38.4. The second-order valence-corrected chi connectivity index (χ2v) is 19.6. The monoisotopic (exact) mass is 852 g/mol. The van der Waals surface area contributed by atoms with Crippen molar-refractivity contribution in [3.63, 3.8) is 0 Å². The Hall–Kier alpha value is -3.01. The smallest absolute Gasteiger partial charge is 0.286 e. The highest BCUT2D eigenvalue weighted by molar-refractivity contribution is 8.12. The molecular formula is C28H19Cl2F12N3O4P3+3. The van der Waals surface area contributed by atoms with Gasteiger partial charge in [0.15, 0.2) is 45.5 Å². The molecule has 52 heavy (non-hydrogen) atoms. The predicted molar refractivity (Wildman–Crippen MR) is 170 cm³/mol. The molecule has 5 rings (SSSR count). The Morgan fingerprint density at radius 3 is 0.769 bits per heavy atom. The minimum atomic E-state index is -4.77. The van der Waals surface area contributed by atoms with E-state index in [1.807, 2.05) is 0 Å². The molecule has 4 aromatic carbocycles. The van der Waals surface area contributed by atoms with E-state index in [9.17, 15) is 52.7 Å². The van der Waals surface area contributed by atoms with E-state index in [1.165, 1.54) is 0 Å². The van der Waals surface area contributed by atoms with Gasteiger partial charge in [-0.3, -0.25) is 18.1 Å². The molecule has 0 bridgehead atoms. The van der Waals surface area contributed by atoms with Crippen LogP contribution in [0.15, 0.2) is 97.1 Å².